The van der Waals surface area contributed by atoms with Crippen LogP contribution in [0.3, 0.4) is 0 Å². The summed E-state index contributed by atoms with van der Waals surface area (Å²) in [5.74, 6) is 0. The zero-order valence-electron chi connectivity index (χ0n) is 16.6. The van der Waals surface area contributed by atoms with E-state index in [0.717, 1.165) is 0 Å². The van der Waals surface area contributed by atoms with Gasteiger partial charge in [0.15, 0.2) is 0 Å². The van der Waals surface area contributed by atoms with Gasteiger partial charge < -0.3 is 0 Å². The molecule has 5 heterocycles. The van der Waals surface area contributed by atoms with Gasteiger partial charge >= 0.3 is 178 Å². The van der Waals surface area contributed by atoms with Gasteiger partial charge in [0.1, 0.15) is 0 Å². The normalized spacial score (nSPS) is 19.4. The molecule has 1 aliphatic rings. The van der Waals surface area contributed by atoms with Crippen molar-refractivity contribution in [1.29, 1.82) is 0 Å². The van der Waals surface area contributed by atoms with Crippen molar-refractivity contribution in [1.82, 2.24) is 9.97 Å². The van der Waals surface area contributed by atoms with E-state index in [1.807, 2.05) is 0 Å². The summed E-state index contributed by atoms with van der Waals surface area (Å²) in [6.07, 6.45) is 4.62. The third-order valence-corrected chi connectivity index (χ3v) is 11.5. The van der Waals surface area contributed by atoms with Crippen molar-refractivity contribution in [3.05, 3.63) is 88.4 Å². The summed E-state index contributed by atoms with van der Waals surface area (Å²) in [5.41, 5.74) is 5.06. The maximum absolute atomic E-state index is 3.69. The molecule has 2 N–H and O–H groups in total. The monoisotopic (exact) mass is 500 g/mol. The Bertz CT molecular complexity index is 1180. The fourth-order valence-corrected chi connectivity index (χ4v) is 8.35. The van der Waals surface area contributed by atoms with Gasteiger partial charge in [-0.05, 0) is 0 Å². The van der Waals surface area contributed by atoms with Gasteiger partial charge in [0.05, 0.1) is 0 Å². The number of hydrogen-bond donors (Lipinski definition) is 2. The van der Waals surface area contributed by atoms with Gasteiger partial charge in [-0.15, -0.1) is 0 Å². The van der Waals surface area contributed by atoms with Crippen LogP contribution in [0.1, 0.15) is 59.3 Å². The van der Waals surface area contributed by atoms with Gasteiger partial charge in [-0.25, -0.2) is 0 Å². The molecule has 2 nitrogen and oxygen atoms in total. The van der Waals surface area contributed by atoms with E-state index >= 15 is 0 Å². The Morgan fingerprint density at radius 2 is 1.04 bits per heavy atom. The zero-order chi connectivity index (χ0) is 19.5. The number of nitrogens with one attached hydrogen (secondary N) is 2. The SMILES string of the molecule is CC1(C)c2ccc([nH]2)/C=c2/cc/c([se]2)=C\c2ccc([nH]2)C(C)(C)c2ccc1[se]2. The molecule has 0 saturated carbocycles. The Labute approximate surface area is 177 Å². The quantitative estimate of drug-likeness (QED) is 0.350. The van der Waals surface area contributed by atoms with Crippen LogP contribution in [0, 0.1) is 0 Å². The summed E-state index contributed by atoms with van der Waals surface area (Å²) in [5, 5.41) is 0. The summed E-state index contributed by atoms with van der Waals surface area (Å²) in [6, 6.07) is 18.3. The molecule has 4 aromatic rings. The number of fused-ring (bicyclic) bond motifs is 8. The Morgan fingerprint density at radius 1 is 0.571 bits per heavy atom. The minimum atomic E-state index is 0.0186. The molecule has 0 unspecified atom stereocenters. The summed E-state index contributed by atoms with van der Waals surface area (Å²) in [7, 11) is 0. The molecule has 5 rings (SSSR count). The van der Waals surface area contributed by atoms with Gasteiger partial charge in [-0.1, -0.05) is 0 Å². The van der Waals surface area contributed by atoms with Crippen LogP contribution < -0.4 is 8.19 Å². The van der Waals surface area contributed by atoms with E-state index in [1.165, 1.54) is 39.8 Å². The molecular formula is C24H24N2Se2. The Morgan fingerprint density at radius 3 is 1.50 bits per heavy atom. The van der Waals surface area contributed by atoms with Crippen LogP contribution in [0.2, 0.25) is 0 Å². The van der Waals surface area contributed by atoms with Crippen molar-refractivity contribution in [2.45, 2.75) is 38.5 Å². The third-order valence-electron chi connectivity index (χ3n) is 5.84. The van der Waals surface area contributed by atoms with Crippen LogP contribution in [-0.4, -0.2) is 39.0 Å². The van der Waals surface area contributed by atoms with E-state index < -0.39 is 0 Å². The van der Waals surface area contributed by atoms with E-state index in [1.54, 1.807) is 0 Å². The average molecular weight is 498 g/mol. The second-order valence-electron chi connectivity index (χ2n) is 8.60. The molecule has 0 saturated heterocycles. The molecule has 1 aliphatic heterocycles. The van der Waals surface area contributed by atoms with Gasteiger partial charge in [0, 0.05) is 0 Å². The van der Waals surface area contributed by atoms with Crippen LogP contribution in [0.25, 0.3) is 12.2 Å². The van der Waals surface area contributed by atoms with Crippen molar-refractivity contribution in [3.8, 4) is 0 Å². The van der Waals surface area contributed by atoms with Crippen LogP contribution >= 0.6 is 0 Å². The third kappa shape index (κ3) is 3.00. The maximum atomic E-state index is 3.69. The van der Waals surface area contributed by atoms with Crippen molar-refractivity contribution in [3.63, 3.8) is 0 Å². The molecule has 4 heteroatoms. The van der Waals surface area contributed by atoms with Gasteiger partial charge in [0.2, 0.25) is 0 Å². The fourth-order valence-electron chi connectivity index (χ4n) is 3.83. The predicted molar refractivity (Wildman–Crippen MR) is 119 cm³/mol. The second-order valence-corrected chi connectivity index (χ2v) is 13.3. The first-order valence-corrected chi connectivity index (χ1v) is 13.0. The second kappa shape index (κ2) is 6.40. The molecule has 0 aromatic carbocycles. The van der Waals surface area contributed by atoms with Crippen molar-refractivity contribution in [2.24, 2.45) is 0 Å². The molecule has 0 atom stereocenters. The Kier molecular flexibility index (Phi) is 4.19. The van der Waals surface area contributed by atoms with E-state index in [0.29, 0.717) is 29.0 Å². The van der Waals surface area contributed by atoms with Crippen molar-refractivity contribution < 1.29 is 0 Å². The van der Waals surface area contributed by atoms with Gasteiger partial charge in [-0.3, -0.25) is 0 Å². The summed E-state index contributed by atoms with van der Waals surface area (Å²) in [6.45, 7) is 9.40. The van der Waals surface area contributed by atoms with E-state index in [9.17, 15) is 0 Å². The first-order valence-electron chi connectivity index (χ1n) is 9.61. The molecule has 8 bridgehead atoms. The fraction of sp³-hybridized carbons (Fsp3) is 0.250. The summed E-state index contributed by atoms with van der Waals surface area (Å²) in [4.78, 5) is 7.39. The number of rotatable bonds is 0. The molecule has 0 radical (unpaired) electrons. The van der Waals surface area contributed by atoms with E-state index in [-0.39, 0.29) is 10.8 Å². The minimum absolute atomic E-state index is 0.0186. The molecular weight excluding hydrogens is 474 g/mol. The molecule has 4 aromatic heterocycles. The Balaban J connectivity index is 1.77. The van der Waals surface area contributed by atoms with Gasteiger partial charge in [-0.2, -0.15) is 0 Å². The Hall–Kier alpha value is -1.70. The topological polar surface area (TPSA) is 31.6 Å². The molecule has 0 amide bonds. The van der Waals surface area contributed by atoms with Crippen molar-refractivity contribution >= 4 is 41.2 Å². The molecule has 28 heavy (non-hydrogen) atoms. The van der Waals surface area contributed by atoms with Gasteiger partial charge in [0.25, 0.3) is 0 Å². The van der Waals surface area contributed by atoms with Crippen LogP contribution in [0.4, 0.5) is 0 Å². The molecule has 0 aliphatic carbocycles. The predicted octanol–water partition coefficient (Wildman–Crippen LogP) is 3.08. The number of aromatic nitrogens is 2. The molecule has 0 fully saturated rings. The van der Waals surface area contributed by atoms with Crippen LogP contribution in [-0.2, 0) is 10.8 Å². The summed E-state index contributed by atoms with van der Waals surface area (Å²) < 4.78 is 5.90. The first-order chi connectivity index (χ1) is 13.3. The molecule has 142 valence electrons. The average Bonchev–Trinajstić information content (AvgIpc) is 3.42. The van der Waals surface area contributed by atoms with E-state index in [4.69, 9.17) is 0 Å². The standard InChI is InChI=1S/C24H24N2Se2/c1-23(2)19-9-5-15(25-19)13-17-7-8-18(27-17)14-16-6-10-20(26-16)24(3,4)22-12-11-21(23)28-22/h5-14,25-26H,1-4H3/b17-13-,18-14+. The number of hydrogen-bond acceptors (Lipinski definition) is 0. The number of aromatic amines is 2. The summed E-state index contributed by atoms with van der Waals surface area (Å²) >= 11 is 0.701. The number of H-pyrrole nitrogens is 2. The van der Waals surface area contributed by atoms with Crippen LogP contribution in [0.15, 0.2) is 48.5 Å². The zero-order valence-corrected chi connectivity index (χ0v) is 20.0. The van der Waals surface area contributed by atoms with Crippen molar-refractivity contribution in [2.75, 3.05) is 0 Å². The first kappa shape index (κ1) is 18.3. The van der Waals surface area contributed by atoms with Crippen LogP contribution in [0.5, 0.6) is 0 Å². The molecule has 0 spiro atoms. The van der Waals surface area contributed by atoms with E-state index in [2.05, 4.69) is 98.3 Å².